The standard InChI is InChI=1S/C16H21N3S2/c1-11-15(8-17-13-2-3-13)21-16(18-11)19(14-4-5-14)9-12-6-7-20-10-12/h6-7,10,13-14,17H,2-5,8-9H2,1H3. The van der Waals surface area contributed by atoms with Crippen LogP contribution in [0.4, 0.5) is 5.13 Å². The summed E-state index contributed by atoms with van der Waals surface area (Å²) < 4.78 is 0. The van der Waals surface area contributed by atoms with Crippen molar-refractivity contribution < 1.29 is 0 Å². The van der Waals surface area contributed by atoms with Crippen LogP contribution in [-0.2, 0) is 13.1 Å². The fourth-order valence-corrected chi connectivity index (χ4v) is 4.28. The van der Waals surface area contributed by atoms with Gasteiger partial charge >= 0.3 is 0 Å². The first-order chi connectivity index (χ1) is 10.3. The number of nitrogens with zero attached hydrogens (tertiary/aromatic N) is 2. The van der Waals surface area contributed by atoms with Gasteiger partial charge in [-0.3, -0.25) is 0 Å². The van der Waals surface area contributed by atoms with Gasteiger partial charge in [-0.05, 0) is 55.0 Å². The topological polar surface area (TPSA) is 28.2 Å². The van der Waals surface area contributed by atoms with E-state index in [1.165, 1.54) is 46.9 Å². The number of thiophene rings is 1. The lowest BCUT2D eigenvalue weighted by molar-refractivity contribution is 0.691. The zero-order valence-corrected chi connectivity index (χ0v) is 14.0. The molecule has 0 aromatic carbocycles. The molecule has 1 N–H and O–H groups in total. The molecule has 2 saturated carbocycles. The van der Waals surface area contributed by atoms with E-state index in [0.717, 1.165) is 19.1 Å². The van der Waals surface area contributed by atoms with Crippen LogP contribution in [0.25, 0.3) is 0 Å². The summed E-state index contributed by atoms with van der Waals surface area (Å²) in [6.45, 7) is 4.15. The van der Waals surface area contributed by atoms with E-state index in [0.29, 0.717) is 6.04 Å². The molecule has 4 rings (SSSR count). The smallest absolute Gasteiger partial charge is 0.186 e. The predicted octanol–water partition coefficient (Wildman–Crippen LogP) is 3.93. The van der Waals surface area contributed by atoms with Gasteiger partial charge in [0.25, 0.3) is 0 Å². The molecule has 2 aliphatic carbocycles. The highest BCUT2D eigenvalue weighted by molar-refractivity contribution is 7.15. The predicted molar refractivity (Wildman–Crippen MR) is 90.2 cm³/mol. The first kappa shape index (κ1) is 13.7. The molecule has 0 aliphatic heterocycles. The van der Waals surface area contributed by atoms with Crippen LogP contribution in [0.2, 0.25) is 0 Å². The van der Waals surface area contributed by atoms with Gasteiger partial charge in [-0.1, -0.05) is 0 Å². The maximum absolute atomic E-state index is 4.86. The average Bonchev–Trinajstić information content (AvgIpc) is 3.39. The van der Waals surface area contributed by atoms with Crippen LogP contribution in [0.1, 0.15) is 41.8 Å². The maximum Gasteiger partial charge on any atom is 0.186 e. The van der Waals surface area contributed by atoms with Crippen molar-refractivity contribution in [3.05, 3.63) is 33.0 Å². The molecule has 0 saturated heterocycles. The average molecular weight is 319 g/mol. The summed E-state index contributed by atoms with van der Waals surface area (Å²) in [6.07, 6.45) is 5.32. The summed E-state index contributed by atoms with van der Waals surface area (Å²) >= 11 is 3.67. The molecule has 0 amide bonds. The van der Waals surface area contributed by atoms with Crippen LogP contribution in [0.5, 0.6) is 0 Å². The third-order valence-electron chi connectivity index (χ3n) is 4.18. The molecule has 2 heterocycles. The van der Waals surface area contributed by atoms with E-state index in [2.05, 4.69) is 34.0 Å². The van der Waals surface area contributed by atoms with E-state index in [9.17, 15) is 0 Å². The summed E-state index contributed by atoms with van der Waals surface area (Å²) in [4.78, 5) is 8.78. The van der Waals surface area contributed by atoms with Crippen molar-refractivity contribution in [2.24, 2.45) is 0 Å². The van der Waals surface area contributed by atoms with Crippen LogP contribution < -0.4 is 10.2 Å². The Morgan fingerprint density at radius 1 is 1.33 bits per heavy atom. The van der Waals surface area contributed by atoms with Crippen molar-refractivity contribution in [2.75, 3.05) is 4.90 Å². The molecule has 3 nitrogen and oxygen atoms in total. The van der Waals surface area contributed by atoms with Gasteiger partial charge in [0.1, 0.15) is 0 Å². The van der Waals surface area contributed by atoms with Gasteiger partial charge in [0.2, 0.25) is 0 Å². The lowest BCUT2D eigenvalue weighted by Crippen LogP contribution is -2.24. The van der Waals surface area contributed by atoms with Gasteiger partial charge in [-0.25, -0.2) is 4.98 Å². The van der Waals surface area contributed by atoms with E-state index in [1.54, 1.807) is 11.3 Å². The summed E-state index contributed by atoms with van der Waals surface area (Å²) in [6, 6.07) is 3.70. The van der Waals surface area contributed by atoms with Crippen molar-refractivity contribution in [3.8, 4) is 0 Å². The van der Waals surface area contributed by atoms with Gasteiger partial charge < -0.3 is 10.2 Å². The molecule has 2 fully saturated rings. The highest BCUT2D eigenvalue weighted by Crippen LogP contribution is 2.37. The Labute approximate surface area is 134 Å². The Hall–Kier alpha value is -0.910. The first-order valence-corrected chi connectivity index (χ1v) is 9.53. The van der Waals surface area contributed by atoms with Crippen molar-refractivity contribution >= 4 is 27.8 Å². The summed E-state index contributed by atoms with van der Waals surface area (Å²) in [7, 11) is 0. The Kier molecular flexibility index (Phi) is 3.73. The lowest BCUT2D eigenvalue weighted by Gasteiger charge is -2.20. The Bertz CT molecular complexity index is 597. The number of aryl methyl sites for hydroxylation is 1. The minimum Gasteiger partial charge on any atom is -0.341 e. The van der Waals surface area contributed by atoms with Gasteiger partial charge in [0.15, 0.2) is 5.13 Å². The van der Waals surface area contributed by atoms with Gasteiger partial charge in [0.05, 0.1) is 5.69 Å². The summed E-state index contributed by atoms with van der Waals surface area (Å²) in [5, 5.41) is 9.25. The van der Waals surface area contributed by atoms with Gasteiger partial charge in [0, 0.05) is 30.1 Å². The van der Waals surface area contributed by atoms with Crippen molar-refractivity contribution in [2.45, 2.75) is 57.8 Å². The van der Waals surface area contributed by atoms with E-state index in [1.807, 2.05) is 11.3 Å². The quantitative estimate of drug-likeness (QED) is 0.838. The number of rotatable bonds is 7. The molecule has 2 aromatic heterocycles. The molecular formula is C16H21N3S2. The van der Waals surface area contributed by atoms with E-state index in [4.69, 9.17) is 4.98 Å². The number of anilines is 1. The number of nitrogens with one attached hydrogen (secondary N) is 1. The lowest BCUT2D eigenvalue weighted by atomic mass is 10.3. The summed E-state index contributed by atoms with van der Waals surface area (Å²) in [5.41, 5.74) is 2.62. The number of aromatic nitrogens is 1. The Balaban J connectivity index is 1.50. The van der Waals surface area contributed by atoms with Crippen molar-refractivity contribution in [3.63, 3.8) is 0 Å². The van der Waals surface area contributed by atoms with Crippen LogP contribution in [0.15, 0.2) is 16.8 Å². The zero-order chi connectivity index (χ0) is 14.2. The monoisotopic (exact) mass is 319 g/mol. The van der Waals surface area contributed by atoms with Crippen molar-refractivity contribution in [1.29, 1.82) is 0 Å². The molecule has 0 unspecified atom stereocenters. The van der Waals surface area contributed by atoms with Gasteiger partial charge in [-0.2, -0.15) is 11.3 Å². The fraction of sp³-hybridized carbons (Fsp3) is 0.562. The third kappa shape index (κ3) is 3.30. The Morgan fingerprint density at radius 3 is 2.86 bits per heavy atom. The normalized spacial score (nSPS) is 18.1. The molecule has 2 aliphatic rings. The molecule has 0 spiro atoms. The molecule has 0 radical (unpaired) electrons. The molecule has 2 aromatic rings. The van der Waals surface area contributed by atoms with Crippen molar-refractivity contribution in [1.82, 2.24) is 10.3 Å². The highest BCUT2D eigenvalue weighted by atomic mass is 32.1. The van der Waals surface area contributed by atoms with E-state index >= 15 is 0 Å². The molecule has 5 heteroatoms. The van der Waals surface area contributed by atoms with E-state index in [-0.39, 0.29) is 0 Å². The number of thiazole rings is 1. The van der Waals surface area contributed by atoms with Crippen LogP contribution in [-0.4, -0.2) is 17.1 Å². The SMILES string of the molecule is Cc1nc(N(Cc2ccsc2)C2CC2)sc1CNC1CC1. The molecule has 0 atom stereocenters. The first-order valence-electron chi connectivity index (χ1n) is 7.77. The molecule has 0 bridgehead atoms. The second kappa shape index (κ2) is 5.71. The van der Waals surface area contributed by atoms with Gasteiger partial charge in [-0.15, -0.1) is 11.3 Å². The maximum atomic E-state index is 4.86. The highest BCUT2D eigenvalue weighted by Gasteiger charge is 2.31. The number of hydrogen-bond acceptors (Lipinski definition) is 5. The van der Waals surface area contributed by atoms with Crippen LogP contribution in [0, 0.1) is 6.92 Å². The molecule has 112 valence electrons. The Morgan fingerprint density at radius 2 is 2.19 bits per heavy atom. The second-order valence-electron chi connectivity index (χ2n) is 6.15. The van der Waals surface area contributed by atoms with Crippen LogP contribution >= 0.6 is 22.7 Å². The largest absolute Gasteiger partial charge is 0.341 e. The number of hydrogen-bond donors (Lipinski definition) is 1. The van der Waals surface area contributed by atoms with E-state index < -0.39 is 0 Å². The fourth-order valence-electron chi connectivity index (χ4n) is 2.54. The minimum atomic E-state index is 0.708. The zero-order valence-electron chi connectivity index (χ0n) is 12.3. The third-order valence-corrected chi connectivity index (χ3v) is 6.10. The minimum absolute atomic E-state index is 0.708. The molecular weight excluding hydrogens is 298 g/mol. The summed E-state index contributed by atoms with van der Waals surface area (Å²) in [5.74, 6) is 0. The molecule has 21 heavy (non-hydrogen) atoms. The van der Waals surface area contributed by atoms with Crippen LogP contribution in [0.3, 0.4) is 0 Å². The second-order valence-corrected chi connectivity index (χ2v) is 7.99.